The summed E-state index contributed by atoms with van der Waals surface area (Å²) in [6.45, 7) is 7.28. The smallest absolute Gasteiger partial charge is 0.261 e. The van der Waals surface area contributed by atoms with E-state index in [0.717, 1.165) is 25.1 Å². The van der Waals surface area contributed by atoms with Crippen molar-refractivity contribution in [3.05, 3.63) is 58.9 Å². The van der Waals surface area contributed by atoms with Gasteiger partial charge in [0.2, 0.25) is 11.6 Å². The second kappa shape index (κ2) is 22.0. The highest BCUT2D eigenvalue weighted by Gasteiger charge is 2.24. The Hall–Kier alpha value is -1.67. The number of aromatic nitrogens is 1. The average molecular weight is 685 g/mol. The number of aryl methyl sites for hydroxylation is 1. The van der Waals surface area contributed by atoms with E-state index in [4.69, 9.17) is 16.3 Å². The summed E-state index contributed by atoms with van der Waals surface area (Å²) in [5.41, 5.74) is 1.26. The zero-order valence-electron chi connectivity index (χ0n) is 24.9. The van der Waals surface area contributed by atoms with Gasteiger partial charge in [0.05, 0.1) is 11.6 Å². The summed E-state index contributed by atoms with van der Waals surface area (Å²) in [5.74, 6) is -0.0978. The minimum Gasteiger partial charge on any atom is -1.00 e. The fourth-order valence-corrected chi connectivity index (χ4v) is 5.07. The maximum Gasteiger partial charge on any atom is 0.261 e. The first kappa shape index (κ1) is 36.4. The molecule has 0 saturated heterocycles. The third-order valence-electron chi connectivity index (χ3n) is 7.25. The Morgan fingerprint density at radius 3 is 1.93 bits per heavy atom. The van der Waals surface area contributed by atoms with E-state index in [0.29, 0.717) is 22.9 Å². The summed E-state index contributed by atoms with van der Waals surface area (Å²) in [5, 5.41) is 0.387. The minimum absolute atomic E-state index is 0. The first-order chi connectivity index (χ1) is 19.0. The standard InChI is InChI=1S/C33H50ClN2O3.HI/c1-4-6-7-8-9-10-11-12-13-14-15-16-17-20-25-39-32-23-22-29(26-31(32)34)33(38)36(28(3)37)27-30-21-18-19-24-35(30)5-2;/h18-19,21-24,26H,4-17,20,25,27H2,1-3H3;1H/q+1;/p-1. The molecule has 0 N–H and O–H groups in total. The Bertz CT molecular complexity index is 1000. The van der Waals surface area contributed by atoms with E-state index in [2.05, 4.69) is 6.92 Å². The number of pyridine rings is 1. The highest BCUT2D eigenvalue weighted by molar-refractivity contribution is 6.32. The van der Waals surface area contributed by atoms with Crippen molar-refractivity contribution in [2.45, 2.75) is 124 Å². The van der Waals surface area contributed by atoms with Crippen LogP contribution in [0.1, 0.15) is 127 Å². The largest absolute Gasteiger partial charge is 1.00 e. The number of hydrogen-bond donors (Lipinski definition) is 0. The van der Waals surface area contributed by atoms with Crippen LogP contribution in [0.15, 0.2) is 42.6 Å². The zero-order valence-corrected chi connectivity index (χ0v) is 27.9. The van der Waals surface area contributed by atoms with Gasteiger partial charge in [-0.3, -0.25) is 14.5 Å². The van der Waals surface area contributed by atoms with Gasteiger partial charge in [0, 0.05) is 24.6 Å². The molecule has 0 fully saturated rings. The molecule has 0 saturated carbocycles. The van der Waals surface area contributed by atoms with Gasteiger partial charge in [0.25, 0.3) is 5.91 Å². The predicted molar refractivity (Wildman–Crippen MR) is 160 cm³/mol. The number of imide groups is 1. The minimum atomic E-state index is -0.366. The summed E-state index contributed by atoms with van der Waals surface area (Å²) >= 11 is 6.45. The molecule has 40 heavy (non-hydrogen) atoms. The molecule has 0 atom stereocenters. The lowest BCUT2D eigenvalue weighted by Gasteiger charge is -2.19. The quantitative estimate of drug-likeness (QED) is 0.102. The van der Waals surface area contributed by atoms with Crippen molar-refractivity contribution in [2.75, 3.05) is 6.61 Å². The van der Waals surface area contributed by atoms with Crippen LogP contribution in [0, 0.1) is 0 Å². The van der Waals surface area contributed by atoms with E-state index in [1.807, 2.05) is 35.9 Å². The summed E-state index contributed by atoms with van der Waals surface area (Å²) in [7, 11) is 0. The van der Waals surface area contributed by atoms with Crippen LogP contribution in [0.5, 0.6) is 5.75 Å². The average Bonchev–Trinajstić information content (AvgIpc) is 2.94. The number of carbonyl (C=O) groups excluding carboxylic acids is 2. The number of amides is 2. The normalized spacial score (nSPS) is 10.7. The van der Waals surface area contributed by atoms with E-state index in [-0.39, 0.29) is 42.3 Å². The van der Waals surface area contributed by atoms with Gasteiger partial charge in [-0.15, -0.1) is 0 Å². The maximum absolute atomic E-state index is 13.2. The van der Waals surface area contributed by atoms with Crippen molar-refractivity contribution in [3.8, 4) is 5.75 Å². The molecule has 224 valence electrons. The van der Waals surface area contributed by atoms with Crippen molar-refractivity contribution in [3.63, 3.8) is 0 Å². The second-order valence-corrected chi connectivity index (χ2v) is 10.9. The number of unbranched alkanes of at least 4 members (excludes halogenated alkanes) is 13. The van der Waals surface area contributed by atoms with Crippen LogP contribution in [0.2, 0.25) is 5.02 Å². The SMILES string of the molecule is CCCCCCCCCCCCCCCCOc1ccc(C(=O)N(Cc2cccc[n+]2CC)C(C)=O)cc1Cl.[I-]. The molecule has 0 bridgehead atoms. The predicted octanol–water partition coefficient (Wildman–Crippen LogP) is 5.70. The molecule has 2 amide bonds. The number of benzene rings is 1. The van der Waals surface area contributed by atoms with Gasteiger partial charge >= 0.3 is 0 Å². The van der Waals surface area contributed by atoms with E-state index >= 15 is 0 Å². The second-order valence-electron chi connectivity index (χ2n) is 10.5. The van der Waals surface area contributed by atoms with Crippen LogP contribution in [0.25, 0.3) is 0 Å². The molecule has 0 aliphatic rings. The van der Waals surface area contributed by atoms with Gasteiger partial charge in [0.15, 0.2) is 6.20 Å². The monoisotopic (exact) mass is 684 g/mol. The molecule has 1 aromatic heterocycles. The van der Waals surface area contributed by atoms with Crippen LogP contribution in [0.4, 0.5) is 0 Å². The van der Waals surface area contributed by atoms with Crippen molar-refractivity contribution in [1.29, 1.82) is 0 Å². The molecule has 7 heteroatoms. The molecular formula is C33H50ClIN2O3. The van der Waals surface area contributed by atoms with Crippen molar-refractivity contribution in [1.82, 2.24) is 4.90 Å². The molecule has 2 rings (SSSR count). The Morgan fingerprint density at radius 1 is 0.825 bits per heavy atom. The Morgan fingerprint density at radius 2 is 1.40 bits per heavy atom. The number of hydrogen-bond acceptors (Lipinski definition) is 3. The lowest BCUT2D eigenvalue weighted by Crippen LogP contribution is -3.00. The summed E-state index contributed by atoms with van der Waals surface area (Å²) in [6, 6.07) is 10.8. The number of nitrogens with zero attached hydrogens (tertiary/aromatic N) is 2. The van der Waals surface area contributed by atoms with E-state index in [9.17, 15) is 9.59 Å². The van der Waals surface area contributed by atoms with Crippen molar-refractivity contribution >= 4 is 23.4 Å². The van der Waals surface area contributed by atoms with Crippen LogP contribution in [-0.4, -0.2) is 23.3 Å². The number of carbonyl (C=O) groups is 2. The summed E-state index contributed by atoms with van der Waals surface area (Å²) in [4.78, 5) is 26.7. The fraction of sp³-hybridized carbons (Fsp3) is 0.606. The van der Waals surface area contributed by atoms with Gasteiger partial charge in [-0.25, -0.2) is 4.57 Å². The van der Waals surface area contributed by atoms with Crippen LogP contribution in [-0.2, 0) is 17.9 Å². The molecule has 5 nitrogen and oxygen atoms in total. The van der Waals surface area contributed by atoms with Gasteiger partial charge < -0.3 is 28.7 Å². The first-order valence-corrected chi connectivity index (χ1v) is 15.6. The molecular weight excluding hydrogens is 635 g/mol. The lowest BCUT2D eigenvalue weighted by atomic mass is 10.0. The van der Waals surface area contributed by atoms with E-state index in [1.165, 1.54) is 88.9 Å². The molecule has 0 aliphatic carbocycles. The van der Waals surface area contributed by atoms with Crippen molar-refractivity contribution in [2.24, 2.45) is 0 Å². The first-order valence-electron chi connectivity index (χ1n) is 15.2. The van der Waals surface area contributed by atoms with Gasteiger partial charge in [-0.2, -0.15) is 0 Å². The van der Waals surface area contributed by atoms with Crippen molar-refractivity contribution < 1.29 is 42.9 Å². The van der Waals surface area contributed by atoms with E-state index in [1.54, 1.807) is 18.2 Å². The topological polar surface area (TPSA) is 50.5 Å². The zero-order chi connectivity index (χ0) is 28.3. The van der Waals surface area contributed by atoms with Gasteiger partial charge in [-0.05, 0) is 31.5 Å². The molecule has 0 unspecified atom stereocenters. The van der Waals surface area contributed by atoms with Crippen LogP contribution < -0.4 is 33.3 Å². The highest BCUT2D eigenvalue weighted by Crippen LogP contribution is 2.27. The van der Waals surface area contributed by atoms with Crippen LogP contribution >= 0.6 is 11.6 Å². The molecule has 1 heterocycles. The Balaban J connectivity index is 0.00000800. The Kier molecular flexibility index (Phi) is 20.0. The van der Waals surface area contributed by atoms with Crippen LogP contribution in [0.3, 0.4) is 0 Å². The lowest BCUT2D eigenvalue weighted by molar-refractivity contribution is -0.701. The number of rotatable bonds is 20. The van der Waals surface area contributed by atoms with E-state index < -0.39 is 0 Å². The molecule has 0 aliphatic heterocycles. The maximum atomic E-state index is 13.2. The van der Waals surface area contributed by atoms with Gasteiger partial charge in [-0.1, -0.05) is 108 Å². The summed E-state index contributed by atoms with van der Waals surface area (Å²) < 4.78 is 7.90. The molecule has 2 aromatic rings. The Labute approximate surface area is 265 Å². The summed E-state index contributed by atoms with van der Waals surface area (Å²) in [6.07, 6.45) is 20.4. The fourth-order valence-electron chi connectivity index (χ4n) is 4.84. The third-order valence-corrected chi connectivity index (χ3v) is 7.55. The molecule has 0 spiro atoms. The number of ether oxygens (including phenoxy) is 1. The number of halogens is 2. The molecule has 0 radical (unpaired) electrons. The third kappa shape index (κ3) is 13.8. The molecule has 1 aromatic carbocycles. The van der Waals surface area contributed by atoms with Gasteiger partial charge in [0.1, 0.15) is 18.8 Å². The highest BCUT2D eigenvalue weighted by atomic mass is 127.